The van der Waals surface area contributed by atoms with Crippen LogP contribution in [-0.4, -0.2) is 18.2 Å². The van der Waals surface area contributed by atoms with Gasteiger partial charge in [0.15, 0.2) is 5.82 Å². The van der Waals surface area contributed by atoms with Crippen molar-refractivity contribution in [3.63, 3.8) is 0 Å². The van der Waals surface area contributed by atoms with Gasteiger partial charge in [0.25, 0.3) is 0 Å². The van der Waals surface area contributed by atoms with Gasteiger partial charge in [-0.15, -0.1) is 0 Å². The van der Waals surface area contributed by atoms with Gasteiger partial charge in [-0.3, -0.25) is 9.59 Å². The van der Waals surface area contributed by atoms with Crippen molar-refractivity contribution in [3.05, 3.63) is 28.0 Å². The molecule has 0 radical (unpaired) electrons. The second-order valence-electron chi connectivity index (χ2n) is 3.73. The van der Waals surface area contributed by atoms with Gasteiger partial charge < -0.3 is 4.90 Å². The fourth-order valence-electron chi connectivity index (χ4n) is 1.68. The van der Waals surface area contributed by atoms with Crippen LogP contribution < -0.4 is 4.90 Å². The number of anilines is 1. The van der Waals surface area contributed by atoms with E-state index in [2.05, 4.69) is 0 Å². The zero-order valence-electron chi connectivity index (χ0n) is 8.67. The van der Waals surface area contributed by atoms with Gasteiger partial charge in [-0.25, -0.2) is 4.39 Å². The molecule has 1 fully saturated rings. The lowest BCUT2D eigenvalue weighted by atomic mass is 10.1. The molecule has 0 aromatic heterocycles. The molecule has 90 valence electrons. The maximum atomic E-state index is 13.2. The zero-order valence-corrected chi connectivity index (χ0v) is 10.2. The first-order chi connectivity index (χ1) is 7.99. The molecule has 6 heteroatoms. The average molecular weight is 276 g/mol. The highest BCUT2D eigenvalue weighted by molar-refractivity contribution is 6.35. The number of amides is 1. The van der Waals surface area contributed by atoms with Crippen LogP contribution in [0.1, 0.15) is 12.8 Å². The molecule has 17 heavy (non-hydrogen) atoms. The fraction of sp³-hybridized carbons (Fsp3) is 0.273. The van der Waals surface area contributed by atoms with E-state index < -0.39 is 5.82 Å². The van der Waals surface area contributed by atoms with E-state index in [4.69, 9.17) is 23.2 Å². The maximum absolute atomic E-state index is 13.2. The third-order valence-corrected chi connectivity index (χ3v) is 3.09. The van der Waals surface area contributed by atoms with Crippen LogP contribution in [0.4, 0.5) is 10.1 Å². The Morgan fingerprint density at radius 2 is 1.76 bits per heavy atom. The zero-order chi connectivity index (χ0) is 12.6. The van der Waals surface area contributed by atoms with Gasteiger partial charge in [-0.05, 0) is 12.1 Å². The molecule has 1 aromatic rings. The van der Waals surface area contributed by atoms with Gasteiger partial charge in [0, 0.05) is 18.7 Å². The Labute approximate surface area is 107 Å². The Hall–Kier alpha value is -1.13. The van der Waals surface area contributed by atoms with Crippen LogP contribution in [0.25, 0.3) is 0 Å². The summed E-state index contributed by atoms with van der Waals surface area (Å²) in [7, 11) is 0. The first kappa shape index (κ1) is 12.3. The topological polar surface area (TPSA) is 37.4 Å². The van der Waals surface area contributed by atoms with Crippen molar-refractivity contribution < 1.29 is 14.0 Å². The highest BCUT2D eigenvalue weighted by Gasteiger charge is 2.25. The van der Waals surface area contributed by atoms with E-state index in [1.54, 1.807) is 0 Å². The largest absolute Gasteiger partial charge is 0.311 e. The number of Topliss-reactive ketones (excluding diaryl/α,β-unsaturated/α-hetero) is 1. The summed E-state index contributed by atoms with van der Waals surface area (Å²) in [6.07, 6.45) is 0.158. The number of hydrogen-bond acceptors (Lipinski definition) is 2. The molecule has 0 bridgehead atoms. The normalized spacial score (nSPS) is 16.5. The van der Waals surface area contributed by atoms with Gasteiger partial charge in [0.05, 0.1) is 16.5 Å². The molecule has 0 atom stereocenters. The Morgan fingerprint density at radius 3 is 2.29 bits per heavy atom. The van der Waals surface area contributed by atoms with E-state index in [0.29, 0.717) is 12.1 Å². The first-order valence-corrected chi connectivity index (χ1v) is 5.71. The first-order valence-electron chi connectivity index (χ1n) is 4.95. The summed E-state index contributed by atoms with van der Waals surface area (Å²) in [5.74, 6) is -1.12. The van der Waals surface area contributed by atoms with E-state index in [1.807, 2.05) is 0 Å². The molecule has 1 amide bonds. The Kier molecular flexibility index (Phi) is 3.35. The van der Waals surface area contributed by atoms with Gasteiger partial charge >= 0.3 is 0 Å². The number of nitrogens with zero attached hydrogens (tertiary/aromatic N) is 1. The van der Waals surface area contributed by atoms with Crippen LogP contribution in [0.3, 0.4) is 0 Å². The molecule has 1 heterocycles. The van der Waals surface area contributed by atoms with Gasteiger partial charge in [0.1, 0.15) is 5.78 Å². The van der Waals surface area contributed by atoms with Gasteiger partial charge in [-0.2, -0.15) is 0 Å². The third-order valence-electron chi connectivity index (χ3n) is 2.54. The molecular weight excluding hydrogens is 268 g/mol. The summed E-state index contributed by atoms with van der Waals surface area (Å²) in [6.45, 7) is 0.274. The summed E-state index contributed by atoms with van der Waals surface area (Å²) in [4.78, 5) is 24.1. The number of benzene rings is 1. The van der Waals surface area contributed by atoms with E-state index in [0.717, 1.165) is 0 Å². The van der Waals surface area contributed by atoms with Gasteiger partial charge in [-0.1, -0.05) is 23.2 Å². The number of piperidine rings is 1. The molecule has 0 spiro atoms. The molecule has 3 nitrogen and oxygen atoms in total. The van der Waals surface area contributed by atoms with Crippen molar-refractivity contribution in [2.24, 2.45) is 0 Å². The second kappa shape index (κ2) is 4.63. The molecule has 0 saturated carbocycles. The summed E-state index contributed by atoms with van der Waals surface area (Å²) >= 11 is 11.3. The van der Waals surface area contributed by atoms with Crippen molar-refractivity contribution >= 4 is 40.6 Å². The quantitative estimate of drug-likeness (QED) is 0.584. The maximum Gasteiger partial charge on any atom is 0.234 e. The van der Waals surface area contributed by atoms with Crippen LogP contribution in [0, 0.1) is 5.82 Å². The van der Waals surface area contributed by atoms with Crippen LogP contribution in [-0.2, 0) is 9.59 Å². The summed E-state index contributed by atoms with van der Waals surface area (Å²) in [6, 6.07) is 2.66. The van der Waals surface area contributed by atoms with Crippen molar-refractivity contribution in [1.82, 2.24) is 0 Å². The minimum absolute atomic E-state index is 0.0921. The van der Waals surface area contributed by atoms with Crippen LogP contribution in [0.2, 0.25) is 10.0 Å². The van der Waals surface area contributed by atoms with Crippen molar-refractivity contribution in [1.29, 1.82) is 0 Å². The van der Waals surface area contributed by atoms with Crippen molar-refractivity contribution in [2.45, 2.75) is 12.8 Å². The fourth-order valence-corrected chi connectivity index (χ4v) is 2.16. The van der Waals surface area contributed by atoms with Gasteiger partial charge in [0.2, 0.25) is 5.91 Å². The number of carbonyl (C=O) groups excluding carboxylic acids is 2. The summed E-state index contributed by atoms with van der Waals surface area (Å²) in [5.41, 5.74) is 0.416. The van der Waals surface area contributed by atoms with E-state index in [9.17, 15) is 14.0 Å². The van der Waals surface area contributed by atoms with E-state index in [-0.39, 0.29) is 34.7 Å². The minimum atomic E-state index is -0.711. The molecule has 1 aromatic carbocycles. The molecular formula is C11H8Cl2FNO2. The lowest BCUT2D eigenvalue weighted by molar-refractivity contribution is -0.128. The standard InChI is InChI=1S/C11H8Cl2FNO2/c12-8-3-6(4-9(13)11(8)14)15-2-1-7(16)5-10(15)17/h3-4H,1-2,5H2. The number of rotatable bonds is 1. The molecule has 1 aliphatic rings. The summed E-state index contributed by atoms with van der Waals surface area (Å²) < 4.78 is 13.2. The van der Waals surface area contributed by atoms with Crippen molar-refractivity contribution in [2.75, 3.05) is 11.4 Å². The molecule has 0 N–H and O–H groups in total. The Balaban J connectivity index is 2.34. The minimum Gasteiger partial charge on any atom is -0.311 e. The monoisotopic (exact) mass is 275 g/mol. The molecule has 2 rings (SSSR count). The lowest BCUT2D eigenvalue weighted by Gasteiger charge is -2.26. The molecule has 1 saturated heterocycles. The third kappa shape index (κ3) is 2.42. The number of ketones is 1. The average Bonchev–Trinajstić information content (AvgIpc) is 2.25. The van der Waals surface area contributed by atoms with Crippen LogP contribution in [0.5, 0.6) is 0 Å². The Bertz CT molecular complexity index is 481. The predicted octanol–water partition coefficient (Wildman–Crippen LogP) is 2.83. The lowest BCUT2D eigenvalue weighted by Crippen LogP contribution is -2.39. The highest BCUT2D eigenvalue weighted by atomic mass is 35.5. The molecule has 0 aliphatic carbocycles. The molecule has 0 unspecified atom stereocenters. The number of halogens is 3. The SMILES string of the molecule is O=C1CCN(c2cc(Cl)c(F)c(Cl)c2)C(=O)C1. The smallest absolute Gasteiger partial charge is 0.234 e. The van der Waals surface area contributed by atoms with Crippen LogP contribution >= 0.6 is 23.2 Å². The number of carbonyl (C=O) groups is 2. The predicted molar refractivity (Wildman–Crippen MR) is 63.0 cm³/mol. The summed E-state index contributed by atoms with van der Waals surface area (Å²) in [5, 5.41) is -0.283. The highest BCUT2D eigenvalue weighted by Crippen LogP contribution is 2.30. The number of hydrogen-bond donors (Lipinski definition) is 0. The van der Waals surface area contributed by atoms with Crippen LogP contribution in [0.15, 0.2) is 12.1 Å². The van der Waals surface area contributed by atoms with Crippen molar-refractivity contribution in [3.8, 4) is 0 Å². The second-order valence-corrected chi connectivity index (χ2v) is 4.55. The van der Waals surface area contributed by atoms with E-state index in [1.165, 1.54) is 17.0 Å². The molecule has 1 aliphatic heterocycles. The van der Waals surface area contributed by atoms with E-state index >= 15 is 0 Å². The Morgan fingerprint density at radius 1 is 1.18 bits per heavy atom.